The van der Waals surface area contributed by atoms with Crippen LogP contribution < -0.4 is 0 Å². The fraction of sp³-hybridized carbons (Fsp3) is 0.294. The minimum Gasteiger partial charge on any atom is -0.395 e. The molecule has 2 aromatic rings. The average Bonchev–Trinajstić information content (AvgIpc) is 2.49. The van der Waals surface area contributed by atoms with E-state index >= 15 is 0 Å². The van der Waals surface area contributed by atoms with Crippen molar-refractivity contribution in [3.8, 4) is 0 Å². The van der Waals surface area contributed by atoms with Gasteiger partial charge in [-0.1, -0.05) is 66.5 Å². The second-order valence-corrected chi connectivity index (χ2v) is 5.90. The van der Waals surface area contributed by atoms with Crippen LogP contribution in [0.25, 0.3) is 0 Å². The first-order chi connectivity index (χ1) is 9.61. The predicted molar refractivity (Wildman–Crippen MR) is 85.7 cm³/mol. The molecule has 3 heteroatoms. The highest BCUT2D eigenvalue weighted by molar-refractivity contribution is 6.42. The summed E-state index contributed by atoms with van der Waals surface area (Å²) in [6, 6.07) is 15.8. The zero-order valence-electron chi connectivity index (χ0n) is 11.4. The molecule has 0 aliphatic carbocycles. The van der Waals surface area contributed by atoms with Crippen LogP contribution in [0.4, 0.5) is 0 Å². The van der Waals surface area contributed by atoms with Gasteiger partial charge in [-0.3, -0.25) is 0 Å². The van der Waals surface area contributed by atoms with Gasteiger partial charge in [-0.2, -0.15) is 0 Å². The van der Waals surface area contributed by atoms with E-state index in [-0.39, 0.29) is 12.0 Å². The first-order valence-corrected chi connectivity index (χ1v) is 7.47. The Hall–Kier alpha value is -1.02. The maximum absolute atomic E-state index is 9.96. The molecule has 0 heterocycles. The van der Waals surface area contributed by atoms with Gasteiger partial charge in [-0.25, -0.2) is 0 Å². The van der Waals surface area contributed by atoms with Crippen molar-refractivity contribution in [2.75, 3.05) is 6.61 Å². The molecule has 1 atom stereocenters. The van der Waals surface area contributed by atoms with Gasteiger partial charge in [0.1, 0.15) is 0 Å². The topological polar surface area (TPSA) is 20.2 Å². The third-order valence-corrected chi connectivity index (χ3v) is 4.63. The second-order valence-electron chi connectivity index (χ2n) is 5.08. The van der Waals surface area contributed by atoms with Crippen molar-refractivity contribution in [2.45, 2.75) is 25.2 Å². The normalized spacial score (nSPS) is 14.0. The summed E-state index contributed by atoms with van der Waals surface area (Å²) in [5.74, 6) is 0. The van der Waals surface area contributed by atoms with E-state index in [0.717, 1.165) is 24.0 Å². The van der Waals surface area contributed by atoms with Gasteiger partial charge in [0.25, 0.3) is 0 Å². The van der Waals surface area contributed by atoms with Crippen molar-refractivity contribution in [1.82, 2.24) is 0 Å². The Balaban J connectivity index is 2.36. The quantitative estimate of drug-likeness (QED) is 0.835. The molecule has 1 N–H and O–H groups in total. The third kappa shape index (κ3) is 3.17. The molecule has 0 aliphatic heterocycles. The highest BCUT2D eigenvalue weighted by Gasteiger charge is 2.29. The zero-order valence-corrected chi connectivity index (χ0v) is 13.0. The maximum atomic E-state index is 9.96. The fourth-order valence-corrected chi connectivity index (χ4v) is 2.84. The van der Waals surface area contributed by atoms with Crippen molar-refractivity contribution in [1.29, 1.82) is 0 Å². The van der Waals surface area contributed by atoms with Gasteiger partial charge in [0.15, 0.2) is 0 Å². The SMILES string of the molecule is CCC(CO)(Cc1ccc(Cl)c(Cl)c1)c1ccccc1. The van der Waals surface area contributed by atoms with Crippen LogP contribution in [0, 0.1) is 0 Å². The summed E-state index contributed by atoms with van der Waals surface area (Å²) in [4.78, 5) is 0. The largest absolute Gasteiger partial charge is 0.395 e. The highest BCUT2D eigenvalue weighted by Crippen LogP contribution is 2.33. The van der Waals surface area contributed by atoms with Crippen LogP contribution in [0.3, 0.4) is 0 Å². The molecule has 0 aliphatic rings. The summed E-state index contributed by atoms with van der Waals surface area (Å²) in [5.41, 5.74) is 1.95. The summed E-state index contributed by atoms with van der Waals surface area (Å²) >= 11 is 12.0. The number of halogens is 2. The minimum atomic E-state index is -0.279. The number of hydrogen-bond acceptors (Lipinski definition) is 1. The molecule has 106 valence electrons. The van der Waals surface area contributed by atoms with E-state index in [1.54, 1.807) is 0 Å². The number of aliphatic hydroxyl groups is 1. The van der Waals surface area contributed by atoms with Gasteiger partial charge in [-0.15, -0.1) is 0 Å². The van der Waals surface area contributed by atoms with E-state index in [1.807, 2.05) is 36.4 Å². The van der Waals surface area contributed by atoms with Gasteiger partial charge in [0, 0.05) is 5.41 Å². The summed E-state index contributed by atoms with van der Waals surface area (Å²) in [7, 11) is 0. The Morgan fingerprint density at radius 1 is 1.00 bits per heavy atom. The summed E-state index contributed by atoms with van der Waals surface area (Å²) in [5, 5.41) is 11.1. The van der Waals surface area contributed by atoms with Crippen LogP contribution in [0.2, 0.25) is 10.0 Å². The standard InChI is InChI=1S/C17H18Cl2O/c1-2-17(12-20,14-6-4-3-5-7-14)11-13-8-9-15(18)16(19)10-13/h3-10,20H,2,11-12H2,1H3. The smallest absolute Gasteiger partial charge is 0.0595 e. The Kier molecular flexibility index (Phi) is 5.09. The van der Waals surface area contributed by atoms with E-state index < -0.39 is 0 Å². The molecule has 0 amide bonds. The van der Waals surface area contributed by atoms with E-state index in [4.69, 9.17) is 23.2 Å². The Bertz CT molecular complexity index is 562. The van der Waals surface area contributed by atoms with Crippen molar-refractivity contribution >= 4 is 23.2 Å². The molecule has 0 aromatic heterocycles. The summed E-state index contributed by atoms with van der Waals surface area (Å²) in [6.45, 7) is 2.20. The van der Waals surface area contributed by atoms with Crippen LogP contribution in [0.15, 0.2) is 48.5 Å². The lowest BCUT2D eigenvalue weighted by molar-refractivity contribution is 0.186. The Morgan fingerprint density at radius 3 is 2.25 bits per heavy atom. The first-order valence-electron chi connectivity index (χ1n) is 6.71. The Morgan fingerprint density at radius 2 is 1.70 bits per heavy atom. The monoisotopic (exact) mass is 308 g/mol. The lowest BCUT2D eigenvalue weighted by atomic mass is 9.74. The average molecular weight is 309 g/mol. The third-order valence-electron chi connectivity index (χ3n) is 3.89. The number of hydrogen-bond donors (Lipinski definition) is 1. The molecule has 0 bridgehead atoms. The Labute approximate surface area is 130 Å². The van der Waals surface area contributed by atoms with E-state index in [1.165, 1.54) is 0 Å². The molecule has 20 heavy (non-hydrogen) atoms. The molecule has 2 aromatic carbocycles. The fourth-order valence-electron chi connectivity index (χ4n) is 2.52. The molecule has 0 saturated carbocycles. The minimum absolute atomic E-state index is 0.105. The van der Waals surface area contributed by atoms with Crippen LogP contribution in [0.5, 0.6) is 0 Å². The van der Waals surface area contributed by atoms with Crippen molar-refractivity contribution in [3.63, 3.8) is 0 Å². The van der Waals surface area contributed by atoms with Gasteiger partial charge in [0.2, 0.25) is 0 Å². The molecule has 0 fully saturated rings. The second kappa shape index (κ2) is 6.62. The highest BCUT2D eigenvalue weighted by atomic mass is 35.5. The number of aliphatic hydroxyl groups excluding tert-OH is 1. The lowest BCUT2D eigenvalue weighted by Crippen LogP contribution is -2.32. The maximum Gasteiger partial charge on any atom is 0.0595 e. The summed E-state index contributed by atoms with van der Waals surface area (Å²) < 4.78 is 0. The van der Waals surface area contributed by atoms with Gasteiger partial charge < -0.3 is 5.11 Å². The van der Waals surface area contributed by atoms with Crippen molar-refractivity contribution < 1.29 is 5.11 Å². The molecular weight excluding hydrogens is 291 g/mol. The zero-order chi connectivity index (χ0) is 14.6. The van der Waals surface area contributed by atoms with Crippen molar-refractivity contribution in [3.05, 3.63) is 69.7 Å². The van der Waals surface area contributed by atoms with Crippen LogP contribution in [-0.2, 0) is 11.8 Å². The van der Waals surface area contributed by atoms with Gasteiger partial charge in [0.05, 0.1) is 16.7 Å². The van der Waals surface area contributed by atoms with E-state index in [9.17, 15) is 5.11 Å². The van der Waals surface area contributed by atoms with Gasteiger partial charge in [-0.05, 0) is 36.1 Å². The summed E-state index contributed by atoms with van der Waals surface area (Å²) in [6.07, 6.45) is 1.59. The molecule has 0 spiro atoms. The molecule has 1 nitrogen and oxygen atoms in total. The first kappa shape index (κ1) is 15.4. The molecule has 0 saturated heterocycles. The molecule has 2 rings (SSSR count). The molecule has 0 radical (unpaired) electrons. The van der Waals surface area contributed by atoms with Gasteiger partial charge >= 0.3 is 0 Å². The molecule has 1 unspecified atom stereocenters. The van der Waals surface area contributed by atoms with Crippen LogP contribution >= 0.6 is 23.2 Å². The predicted octanol–water partition coefficient (Wildman–Crippen LogP) is 4.88. The van der Waals surface area contributed by atoms with E-state index in [2.05, 4.69) is 19.1 Å². The molecular formula is C17H18Cl2O. The lowest BCUT2D eigenvalue weighted by Gasteiger charge is -2.31. The van der Waals surface area contributed by atoms with E-state index in [0.29, 0.717) is 10.0 Å². The van der Waals surface area contributed by atoms with Crippen LogP contribution in [0.1, 0.15) is 24.5 Å². The number of benzene rings is 2. The van der Waals surface area contributed by atoms with Crippen molar-refractivity contribution in [2.24, 2.45) is 0 Å². The van der Waals surface area contributed by atoms with Crippen LogP contribution in [-0.4, -0.2) is 11.7 Å². The number of rotatable bonds is 5.